The van der Waals surface area contributed by atoms with Crippen LogP contribution >= 0.6 is 0 Å². The molecule has 0 radical (unpaired) electrons. The van der Waals surface area contributed by atoms with Crippen LogP contribution in [0.2, 0.25) is 0 Å². The molecule has 2 N–H and O–H groups in total. The number of carbonyl (C=O) groups is 1. The lowest BCUT2D eigenvalue weighted by Gasteiger charge is -2.42. The van der Waals surface area contributed by atoms with Crippen LogP contribution in [0.1, 0.15) is 44.1 Å². The maximum absolute atomic E-state index is 13.8. The summed E-state index contributed by atoms with van der Waals surface area (Å²) < 4.78 is 31.7. The predicted molar refractivity (Wildman–Crippen MR) is 143 cm³/mol. The number of benzene rings is 2. The fourth-order valence-electron chi connectivity index (χ4n) is 6.02. The van der Waals surface area contributed by atoms with Crippen molar-refractivity contribution in [2.75, 3.05) is 18.6 Å². The van der Waals surface area contributed by atoms with Crippen LogP contribution in [-0.4, -0.2) is 47.9 Å². The van der Waals surface area contributed by atoms with Crippen LogP contribution in [0.3, 0.4) is 0 Å². The third-order valence-corrected chi connectivity index (χ3v) is 9.59. The molecule has 1 aromatic heterocycles. The van der Waals surface area contributed by atoms with Gasteiger partial charge in [-0.25, -0.2) is 13.4 Å². The number of likely N-dealkylation sites (tertiary alicyclic amines) is 1. The minimum Gasteiger partial charge on any atom is -0.759 e. The smallest absolute Gasteiger partial charge is 0.241 e. The van der Waals surface area contributed by atoms with Crippen molar-refractivity contribution >= 4 is 32.7 Å². The number of nitrogens with zero attached hydrogens (tertiary/aromatic N) is 3. The van der Waals surface area contributed by atoms with Gasteiger partial charge in [0.2, 0.25) is 15.9 Å². The van der Waals surface area contributed by atoms with E-state index in [0.717, 1.165) is 23.8 Å². The van der Waals surface area contributed by atoms with E-state index in [1.807, 2.05) is 30.0 Å². The summed E-state index contributed by atoms with van der Waals surface area (Å²) in [5.41, 5.74) is 2.77. The van der Waals surface area contributed by atoms with Crippen molar-refractivity contribution in [3.63, 3.8) is 0 Å². The summed E-state index contributed by atoms with van der Waals surface area (Å²) in [6.45, 7) is 3.52. The zero-order valence-corrected chi connectivity index (χ0v) is 21.9. The Morgan fingerprint density at radius 1 is 1.11 bits per heavy atom. The molecule has 0 bridgehead atoms. The number of aromatic nitrogens is 2. The van der Waals surface area contributed by atoms with Crippen molar-refractivity contribution < 1.29 is 13.2 Å². The molecule has 0 spiro atoms. The summed E-state index contributed by atoms with van der Waals surface area (Å²) >= 11 is 0. The number of nitrogens with one attached hydrogen (secondary N) is 2. The number of anilines is 1. The summed E-state index contributed by atoms with van der Waals surface area (Å²) in [6.07, 6.45) is 9.06. The number of hydrogen-bond donors (Lipinski definition) is 2. The third-order valence-electron chi connectivity index (χ3n) is 8.06. The molecular weight excluding hydrogens is 490 g/mol. The first kappa shape index (κ1) is 25.7. The van der Waals surface area contributed by atoms with Crippen LogP contribution in [0.5, 0.6) is 0 Å². The van der Waals surface area contributed by atoms with E-state index in [0.29, 0.717) is 30.3 Å². The van der Waals surface area contributed by atoms with Gasteiger partial charge in [-0.1, -0.05) is 49.6 Å². The average molecular weight is 525 g/mol. The Balaban J connectivity index is 1.42. The standard InChI is InChI=1S/C27H34N5O4S/c1-19-10-11-25(23-9-5-4-8-22(19)23)37(35,36)30-24(13-16-31-17-14-28-27(31)29-34)26(33)32-15-12-20-6-2-3-7-21(20)18-32/h4-5,8-11,14,17,20-21,24,30H,2-3,6-7,12-13,15-16,18H2,1H3,(H-,28,29,34)/q-1/t20-,21-,24?/m0/s1. The van der Waals surface area contributed by atoms with E-state index in [1.165, 1.54) is 25.5 Å². The maximum Gasteiger partial charge on any atom is 0.241 e. The Labute approximate surface area is 217 Å². The highest BCUT2D eigenvalue weighted by Gasteiger charge is 2.36. The highest BCUT2D eigenvalue weighted by Crippen LogP contribution is 2.36. The maximum atomic E-state index is 13.8. The van der Waals surface area contributed by atoms with Crippen molar-refractivity contribution in [1.82, 2.24) is 19.2 Å². The highest BCUT2D eigenvalue weighted by atomic mass is 32.2. The fraction of sp³-hybridized carbons (Fsp3) is 0.481. The number of amides is 1. The van der Waals surface area contributed by atoms with Gasteiger partial charge in [-0.15, -0.1) is 0 Å². The van der Waals surface area contributed by atoms with Gasteiger partial charge in [0.25, 0.3) is 0 Å². The van der Waals surface area contributed by atoms with Crippen LogP contribution in [0.15, 0.2) is 53.7 Å². The lowest BCUT2D eigenvalue weighted by Crippen LogP contribution is -2.53. The molecule has 198 valence electrons. The summed E-state index contributed by atoms with van der Waals surface area (Å²) in [5.74, 6) is 1.06. The Kier molecular flexibility index (Phi) is 7.50. The number of sulfonamides is 1. The lowest BCUT2D eigenvalue weighted by molar-refractivity contribution is -0.136. The molecule has 9 nitrogen and oxygen atoms in total. The van der Waals surface area contributed by atoms with Crippen LogP contribution in [0.25, 0.3) is 10.8 Å². The van der Waals surface area contributed by atoms with Gasteiger partial charge in [-0.05, 0) is 55.0 Å². The number of piperidine rings is 1. The van der Waals surface area contributed by atoms with Gasteiger partial charge >= 0.3 is 0 Å². The molecule has 1 saturated carbocycles. The van der Waals surface area contributed by atoms with Crippen molar-refractivity contribution in [3.8, 4) is 0 Å². The van der Waals surface area contributed by atoms with Crippen molar-refractivity contribution in [2.24, 2.45) is 11.8 Å². The van der Waals surface area contributed by atoms with E-state index >= 15 is 0 Å². The molecule has 2 fully saturated rings. The summed E-state index contributed by atoms with van der Waals surface area (Å²) in [7, 11) is -4.02. The minimum atomic E-state index is -4.02. The molecule has 1 saturated heterocycles. The summed E-state index contributed by atoms with van der Waals surface area (Å²) in [6, 6.07) is 9.81. The number of carbonyl (C=O) groups excluding carboxylic acids is 1. The number of imidazole rings is 1. The molecule has 1 amide bonds. The van der Waals surface area contributed by atoms with Gasteiger partial charge in [-0.3, -0.25) is 4.79 Å². The van der Waals surface area contributed by atoms with Crippen molar-refractivity contribution in [1.29, 1.82) is 0 Å². The zero-order valence-electron chi connectivity index (χ0n) is 21.1. The van der Waals surface area contributed by atoms with E-state index in [4.69, 9.17) is 0 Å². The topological polar surface area (TPSA) is 119 Å². The highest BCUT2D eigenvalue weighted by molar-refractivity contribution is 7.89. The zero-order chi connectivity index (χ0) is 26.0. The molecule has 3 atom stereocenters. The second-order valence-electron chi connectivity index (χ2n) is 10.3. The van der Waals surface area contributed by atoms with Crippen LogP contribution < -0.4 is 10.2 Å². The third kappa shape index (κ3) is 5.37. The normalized spacial score (nSPS) is 21.0. The molecular formula is C27H34N5O4S-. The Morgan fingerprint density at radius 3 is 2.65 bits per heavy atom. The fourth-order valence-corrected chi connectivity index (χ4v) is 7.46. The number of rotatable bonds is 8. The molecule has 5 rings (SSSR count). The van der Waals surface area contributed by atoms with Gasteiger partial charge < -0.3 is 20.2 Å². The SMILES string of the molecule is Cc1ccc(S(=O)(=O)NC(CCn2ccnc2N[O-])C(=O)N2CC[C@@H]3CCCC[C@H]3C2)c2ccccc12. The van der Waals surface area contributed by atoms with Gasteiger partial charge in [0.1, 0.15) is 6.04 Å². The van der Waals surface area contributed by atoms with Gasteiger partial charge in [-0.2, -0.15) is 4.72 Å². The van der Waals surface area contributed by atoms with Crippen molar-refractivity contribution in [3.05, 3.63) is 59.6 Å². The molecule has 2 aromatic carbocycles. The molecule has 1 aliphatic carbocycles. The van der Waals surface area contributed by atoms with Crippen molar-refractivity contribution in [2.45, 2.75) is 62.9 Å². The molecule has 2 aliphatic rings. The molecule has 3 aromatic rings. The molecule has 1 aliphatic heterocycles. The van der Waals surface area contributed by atoms with Gasteiger partial charge in [0.15, 0.2) is 5.95 Å². The van der Waals surface area contributed by atoms with Crippen LogP contribution in [-0.2, 0) is 21.4 Å². The van der Waals surface area contributed by atoms with Gasteiger partial charge in [0.05, 0.1) is 4.90 Å². The van der Waals surface area contributed by atoms with E-state index in [1.54, 1.807) is 34.4 Å². The second kappa shape index (κ2) is 10.8. The number of aryl methyl sites for hydroxylation is 2. The Hall–Kier alpha value is -2.95. The first-order valence-corrected chi connectivity index (χ1v) is 14.5. The Bertz CT molecular complexity index is 1370. The molecule has 1 unspecified atom stereocenters. The number of hydrogen-bond acceptors (Lipinski definition) is 6. The van der Waals surface area contributed by atoms with E-state index < -0.39 is 16.1 Å². The summed E-state index contributed by atoms with van der Waals surface area (Å²) in [4.78, 5) is 19.8. The Morgan fingerprint density at radius 2 is 1.86 bits per heavy atom. The molecule has 37 heavy (non-hydrogen) atoms. The molecule has 10 heteroatoms. The largest absolute Gasteiger partial charge is 0.759 e. The van der Waals surface area contributed by atoms with Crippen LogP contribution in [0, 0.1) is 24.0 Å². The summed E-state index contributed by atoms with van der Waals surface area (Å²) in [5, 5.41) is 12.7. The quantitative estimate of drug-likeness (QED) is 0.430. The van der Waals surface area contributed by atoms with E-state index in [9.17, 15) is 18.4 Å². The minimum absolute atomic E-state index is 0.126. The van der Waals surface area contributed by atoms with E-state index in [2.05, 4.69) is 9.71 Å². The monoisotopic (exact) mass is 524 g/mol. The van der Waals surface area contributed by atoms with Crippen LogP contribution in [0.4, 0.5) is 5.95 Å². The lowest BCUT2D eigenvalue weighted by atomic mass is 9.75. The second-order valence-corrected chi connectivity index (χ2v) is 12.0. The predicted octanol–water partition coefficient (Wildman–Crippen LogP) is 4.03. The number of fused-ring (bicyclic) bond motifs is 2. The molecule has 2 heterocycles. The first-order chi connectivity index (χ1) is 17.9. The van der Waals surface area contributed by atoms with Gasteiger partial charge in [0, 0.05) is 37.4 Å². The van der Waals surface area contributed by atoms with E-state index in [-0.39, 0.29) is 29.7 Å². The first-order valence-electron chi connectivity index (χ1n) is 13.1. The average Bonchev–Trinajstić information content (AvgIpc) is 3.38.